The number of fused-ring (bicyclic) bond motifs is 1. The Bertz CT molecular complexity index is 1250. The van der Waals surface area contributed by atoms with Gasteiger partial charge in [-0.25, -0.2) is 0 Å². The molecule has 2 aliphatic rings. The molecule has 2 N–H and O–H groups in total. The number of aromatic nitrogens is 2. The summed E-state index contributed by atoms with van der Waals surface area (Å²) >= 11 is 0.923. The van der Waals surface area contributed by atoms with Gasteiger partial charge in [-0.2, -0.15) is 0 Å². The van der Waals surface area contributed by atoms with Gasteiger partial charge in [-0.1, -0.05) is 41.7 Å². The van der Waals surface area contributed by atoms with E-state index in [4.69, 9.17) is 9.47 Å². The van der Waals surface area contributed by atoms with Crippen molar-refractivity contribution in [3.05, 3.63) is 64.1 Å². The lowest BCUT2D eigenvalue weighted by molar-refractivity contribution is -0.126. The van der Waals surface area contributed by atoms with Crippen LogP contribution in [0.25, 0.3) is 0 Å². The van der Waals surface area contributed by atoms with E-state index in [1.165, 1.54) is 0 Å². The van der Waals surface area contributed by atoms with Gasteiger partial charge in [-0.15, -0.1) is 10.2 Å². The molecule has 0 spiro atoms. The molecule has 3 aromatic rings. The van der Waals surface area contributed by atoms with E-state index in [-0.39, 0.29) is 34.5 Å². The van der Waals surface area contributed by atoms with Gasteiger partial charge in [-0.05, 0) is 30.5 Å². The van der Waals surface area contributed by atoms with Crippen molar-refractivity contribution in [2.24, 2.45) is 5.92 Å². The maximum absolute atomic E-state index is 13.0. The highest BCUT2D eigenvalue weighted by Gasteiger charge is 2.31. The third-order valence-electron chi connectivity index (χ3n) is 5.82. The van der Waals surface area contributed by atoms with Gasteiger partial charge in [-0.3, -0.25) is 14.4 Å². The first-order valence-corrected chi connectivity index (χ1v) is 12.0. The van der Waals surface area contributed by atoms with Gasteiger partial charge in [0, 0.05) is 31.4 Å². The Morgan fingerprint density at radius 2 is 1.83 bits per heavy atom. The third kappa shape index (κ3) is 5.24. The van der Waals surface area contributed by atoms with Gasteiger partial charge in [0.15, 0.2) is 11.5 Å². The van der Waals surface area contributed by atoms with E-state index < -0.39 is 5.91 Å². The molecule has 1 saturated heterocycles. The Kier molecular flexibility index (Phi) is 6.57. The maximum atomic E-state index is 13.0. The fourth-order valence-electron chi connectivity index (χ4n) is 4.00. The molecule has 0 bridgehead atoms. The number of hydrogen-bond acceptors (Lipinski definition) is 8. The van der Waals surface area contributed by atoms with Crippen LogP contribution in [0.15, 0.2) is 48.5 Å². The van der Waals surface area contributed by atoms with Crippen LogP contribution in [0.4, 0.5) is 5.69 Å². The summed E-state index contributed by atoms with van der Waals surface area (Å²) in [5, 5.41) is 13.7. The number of carbonyl (C=O) groups is 3. The van der Waals surface area contributed by atoms with E-state index in [1.54, 1.807) is 23.1 Å². The lowest BCUT2D eigenvalue weighted by Gasteiger charge is -2.31. The minimum absolute atomic E-state index is 0.0696. The van der Waals surface area contributed by atoms with Crippen LogP contribution >= 0.6 is 11.3 Å². The van der Waals surface area contributed by atoms with Crippen LogP contribution in [0.5, 0.6) is 11.5 Å². The number of ether oxygens (including phenoxy) is 2. The molecule has 5 rings (SSSR count). The minimum Gasteiger partial charge on any atom is -0.454 e. The van der Waals surface area contributed by atoms with Crippen LogP contribution in [0.2, 0.25) is 0 Å². The number of rotatable bonds is 6. The number of hydrogen-bond donors (Lipinski definition) is 2. The zero-order valence-corrected chi connectivity index (χ0v) is 19.5. The molecule has 180 valence electrons. The molecule has 0 radical (unpaired) electrons. The fourth-order valence-corrected chi connectivity index (χ4v) is 4.71. The monoisotopic (exact) mass is 493 g/mol. The van der Waals surface area contributed by atoms with Crippen LogP contribution in [0.3, 0.4) is 0 Å². The summed E-state index contributed by atoms with van der Waals surface area (Å²) in [6.07, 6.45) is 1.43. The molecule has 0 aliphatic carbocycles. The average Bonchev–Trinajstić information content (AvgIpc) is 3.57. The van der Waals surface area contributed by atoms with Crippen LogP contribution in [-0.2, 0) is 11.3 Å². The number of likely N-dealkylation sites (tertiary alicyclic amines) is 1. The Morgan fingerprint density at radius 1 is 1.03 bits per heavy atom. The molecule has 2 aliphatic heterocycles. The van der Waals surface area contributed by atoms with Crippen LogP contribution < -0.4 is 20.1 Å². The SMILES string of the molecule is O=C(Nc1ccc2c(c1)OCO2)c1nnc(C(=O)N2CCC[C@H](C(=O)NCc3ccccc3)C2)s1. The van der Waals surface area contributed by atoms with Gasteiger partial charge in [0.05, 0.1) is 5.92 Å². The summed E-state index contributed by atoms with van der Waals surface area (Å²) in [6.45, 7) is 1.42. The van der Waals surface area contributed by atoms with E-state index in [2.05, 4.69) is 20.8 Å². The molecule has 1 aromatic heterocycles. The van der Waals surface area contributed by atoms with Gasteiger partial charge in [0.2, 0.25) is 22.7 Å². The van der Waals surface area contributed by atoms with E-state index in [0.29, 0.717) is 49.7 Å². The van der Waals surface area contributed by atoms with Crippen LogP contribution in [0, 0.1) is 5.92 Å². The normalized spacial score (nSPS) is 16.6. The maximum Gasteiger partial charge on any atom is 0.286 e. The Morgan fingerprint density at radius 3 is 2.69 bits per heavy atom. The molecule has 35 heavy (non-hydrogen) atoms. The zero-order valence-electron chi connectivity index (χ0n) is 18.7. The minimum atomic E-state index is -0.475. The summed E-state index contributed by atoms with van der Waals surface area (Å²) in [6, 6.07) is 14.7. The molecule has 2 aromatic carbocycles. The first-order chi connectivity index (χ1) is 17.1. The highest BCUT2D eigenvalue weighted by Crippen LogP contribution is 2.34. The largest absolute Gasteiger partial charge is 0.454 e. The first-order valence-electron chi connectivity index (χ1n) is 11.2. The molecule has 11 heteroatoms. The van der Waals surface area contributed by atoms with Crippen LogP contribution in [-0.4, -0.2) is 52.7 Å². The van der Waals surface area contributed by atoms with Gasteiger partial charge in [0.1, 0.15) is 0 Å². The molecular weight excluding hydrogens is 470 g/mol. The smallest absolute Gasteiger partial charge is 0.286 e. The summed E-state index contributed by atoms with van der Waals surface area (Å²) in [4.78, 5) is 39.9. The molecule has 1 atom stereocenters. The third-order valence-corrected chi connectivity index (χ3v) is 6.73. The summed E-state index contributed by atoms with van der Waals surface area (Å²) in [5.41, 5.74) is 1.53. The van der Waals surface area contributed by atoms with E-state index in [0.717, 1.165) is 16.9 Å². The van der Waals surface area contributed by atoms with Crippen molar-refractivity contribution < 1.29 is 23.9 Å². The number of anilines is 1. The second-order valence-corrected chi connectivity index (χ2v) is 9.21. The number of benzene rings is 2. The molecule has 1 fully saturated rings. The van der Waals surface area contributed by atoms with E-state index >= 15 is 0 Å². The first kappa shape index (κ1) is 22.8. The number of amides is 3. The lowest BCUT2D eigenvalue weighted by atomic mass is 9.97. The highest BCUT2D eigenvalue weighted by atomic mass is 32.1. The van der Waals surface area contributed by atoms with Crippen molar-refractivity contribution in [3.63, 3.8) is 0 Å². The van der Waals surface area contributed by atoms with Gasteiger partial charge in [0.25, 0.3) is 11.8 Å². The quantitative estimate of drug-likeness (QED) is 0.541. The van der Waals surface area contributed by atoms with Crippen molar-refractivity contribution in [1.29, 1.82) is 0 Å². The van der Waals surface area contributed by atoms with Crippen molar-refractivity contribution in [1.82, 2.24) is 20.4 Å². The molecule has 0 unspecified atom stereocenters. The van der Waals surface area contributed by atoms with E-state index in [1.807, 2.05) is 30.3 Å². The number of nitrogens with one attached hydrogen (secondary N) is 2. The van der Waals surface area contributed by atoms with Crippen molar-refractivity contribution >= 4 is 34.7 Å². The second-order valence-electron chi connectivity index (χ2n) is 8.23. The zero-order chi connectivity index (χ0) is 24.2. The molecular formula is C24H23N5O5S. The van der Waals surface area contributed by atoms with Crippen LogP contribution in [0.1, 0.15) is 38.0 Å². The number of carbonyl (C=O) groups excluding carboxylic acids is 3. The standard InChI is InChI=1S/C24H23N5O5S/c30-20(25-12-15-5-2-1-3-6-15)16-7-4-10-29(13-16)24(32)23-28-27-22(35-23)21(31)26-17-8-9-18-19(11-17)34-14-33-18/h1-3,5-6,8-9,11,16H,4,7,10,12-14H2,(H,25,30)(H,26,31)/t16-/m0/s1. The van der Waals surface area contributed by atoms with Crippen molar-refractivity contribution in [3.8, 4) is 11.5 Å². The fraction of sp³-hybridized carbons (Fsp3) is 0.292. The average molecular weight is 494 g/mol. The molecule has 10 nitrogen and oxygen atoms in total. The number of nitrogens with zero attached hydrogens (tertiary/aromatic N) is 3. The highest BCUT2D eigenvalue weighted by molar-refractivity contribution is 7.15. The molecule has 0 saturated carbocycles. The van der Waals surface area contributed by atoms with Crippen molar-refractivity contribution in [2.45, 2.75) is 19.4 Å². The van der Waals surface area contributed by atoms with Gasteiger partial charge < -0.3 is 25.0 Å². The van der Waals surface area contributed by atoms with Gasteiger partial charge >= 0.3 is 0 Å². The Balaban J connectivity index is 1.17. The Hall–Kier alpha value is -3.99. The topological polar surface area (TPSA) is 123 Å². The second kappa shape index (κ2) is 10.1. The number of piperidine rings is 1. The molecule has 3 amide bonds. The predicted molar refractivity (Wildman–Crippen MR) is 127 cm³/mol. The van der Waals surface area contributed by atoms with Crippen molar-refractivity contribution in [2.75, 3.05) is 25.2 Å². The Labute approximate surface area is 205 Å². The summed E-state index contributed by atoms with van der Waals surface area (Å²) in [7, 11) is 0. The van der Waals surface area contributed by atoms with E-state index in [9.17, 15) is 14.4 Å². The lowest BCUT2D eigenvalue weighted by Crippen LogP contribution is -2.45. The predicted octanol–water partition coefficient (Wildman–Crippen LogP) is 2.69. The summed E-state index contributed by atoms with van der Waals surface area (Å²) < 4.78 is 10.6. The summed E-state index contributed by atoms with van der Waals surface area (Å²) in [5.74, 6) is -0.0169. The molecule has 3 heterocycles.